The summed E-state index contributed by atoms with van der Waals surface area (Å²) in [6.45, 7) is 17.3. The number of hydrogen-bond donors (Lipinski definition) is 0. The van der Waals surface area contributed by atoms with Gasteiger partial charge in [0.05, 0.1) is 11.6 Å². The second-order valence-corrected chi connectivity index (χ2v) is 12.1. The lowest BCUT2D eigenvalue weighted by atomic mass is 9.69. The minimum absolute atomic E-state index is 0.215. The summed E-state index contributed by atoms with van der Waals surface area (Å²) in [6.07, 6.45) is 2.82. The Morgan fingerprint density at radius 2 is 1.74 bits per heavy atom. The Kier molecular flexibility index (Phi) is 4.94. The fourth-order valence-electron chi connectivity index (χ4n) is 3.25. The van der Waals surface area contributed by atoms with Gasteiger partial charge in [-0.1, -0.05) is 20.8 Å². The smallest absolute Gasteiger partial charge is 0.184 e. The van der Waals surface area contributed by atoms with Crippen LogP contribution in [-0.2, 0) is 9.63 Å². The molecule has 19 heavy (non-hydrogen) atoms. The van der Waals surface area contributed by atoms with Gasteiger partial charge in [0, 0.05) is 11.5 Å². The zero-order valence-electron chi connectivity index (χ0n) is 14.0. The first-order chi connectivity index (χ1) is 8.50. The van der Waals surface area contributed by atoms with E-state index < -0.39 is 8.32 Å². The Morgan fingerprint density at radius 1 is 1.21 bits per heavy atom. The maximum Gasteiger partial charge on any atom is 0.184 e. The van der Waals surface area contributed by atoms with Gasteiger partial charge in [0.2, 0.25) is 0 Å². The highest BCUT2D eigenvalue weighted by atomic mass is 28.4. The molecule has 0 N–H and O–H groups in total. The van der Waals surface area contributed by atoms with Gasteiger partial charge in [0.1, 0.15) is 0 Å². The van der Waals surface area contributed by atoms with Crippen LogP contribution in [0, 0.1) is 5.92 Å². The van der Waals surface area contributed by atoms with E-state index in [4.69, 9.17) is 4.43 Å². The molecule has 0 saturated carbocycles. The minimum atomic E-state index is -1.58. The van der Waals surface area contributed by atoms with Crippen molar-refractivity contribution in [2.24, 2.45) is 5.92 Å². The molecule has 0 bridgehead atoms. The molecule has 0 spiro atoms. The van der Waals surface area contributed by atoms with Crippen molar-refractivity contribution in [1.82, 2.24) is 5.06 Å². The first-order valence-corrected chi connectivity index (χ1v) is 11.1. The van der Waals surface area contributed by atoms with Gasteiger partial charge in [-0.05, 0) is 52.8 Å². The van der Waals surface area contributed by atoms with Crippen molar-refractivity contribution in [1.29, 1.82) is 0 Å². The molecule has 1 radical (unpaired) electrons. The summed E-state index contributed by atoms with van der Waals surface area (Å²) in [7, 11) is -1.58. The summed E-state index contributed by atoms with van der Waals surface area (Å²) < 4.78 is 6.41. The van der Waals surface area contributed by atoms with E-state index in [1.165, 1.54) is 5.06 Å². The molecule has 1 aliphatic heterocycles. The van der Waals surface area contributed by atoms with Crippen LogP contribution < -0.4 is 0 Å². The minimum Gasteiger partial charge on any atom is -0.414 e. The monoisotopic (exact) mass is 286 g/mol. The van der Waals surface area contributed by atoms with Gasteiger partial charge in [0.25, 0.3) is 0 Å². The topological polar surface area (TPSA) is 32.4 Å². The second kappa shape index (κ2) is 5.47. The third kappa shape index (κ3) is 3.23. The van der Waals surface area contributed by atoms with Gasteiger partial charge >= 0.3 is 0 Å². The molecule has 4 unspecified atom stereocenters. The van der Waals surface area contributed by atoms with Crippen molar-refractivity contribution in [2.45, 2.75) is 90.7 Å². The lowest BCUT2D eigenvalue weighted by Gasteiger charge is -2.56. The molecule has 0 amide bonds. The summed E-state index contributed by atoms with van der Waals surface area (Å²) in [4.78, 5) is 0. The summed E-state index contributed by atoms with van der Waals surface area (Å²) in [5, 5.41) is 14.2. The number of piperidine rings is 1. The molecule has 3 nitrogen and oxygen atoms in total. The van der Waals surface area contributed by atoms with Crippen molar-refractivity contribution in [3.8, 4) is 0 Å². The van der Waals surface area contributed by atoms with Crippen LogP contribution in [0.5, 0.6) is 0 Å². The molecule has 4 atom stereocenters. The van der Waals surface area contributed by atoms with Crippen LogP contribution in [0.25, 0.3) is 0 Å². The zero-order valence-corrected chi connectivity index (χ0v) is 15.0. The fourth-order valence-corrected chi connectivity index (χ4v) is 4.44. The van der Waals surface area contributed by atoms with Crippen molar-refractivity contribution in [3.05, 3.63) is 0 Å². The van der Waals surface area contributed by atoms with E-state index in [9.17, 15) is 5.21 Å². The van der Waals surface area contributed by atoms with Crippen LogP contribution in [0.2, 0.25) is 19.6 Å². The van der Waals surface area contributed by atoms with E-state index in [1.807, 2.05) is 0 Å². The predicted octanol–water partition coefficient (Wildman–Crippen LogP) is 4.23. The normalized spacial score (nSPS) is 41.5. The fraction of sp³-hybridized carbons (Fsp3) is 1.00. The first-order valence-electron chi connectivity index (χ1n) is 7.65. The molecule has 1 heterocycles. The molecule has 1 aliphatic rings. The van der Waals surface area contributed by atoms with E-state index in [0.29, 0.717) is 0 Å². The summed E-state index contributed by atoms with van der Waals surface area (Å²) >= 11 is 0. The molecule has 0 aromatic carbocycles. The van der Waals surface area contributed by atoms with Crippen LogP contribution in [0.1, 0.15) is 53.9 Å². The van der Waals surface area contributed by atoms with E-state index in [1.54, 1.807) is 0 Å². The molecule has 1 fully saturated rings. The molecule has 1 rings (SSSR count). The SMILES string of the molecule is CCC1(C)CC(O[Si](C)(C)C)C(C)C(C)(CC)N1[O]. The van der Waals surface area contributed by atoms with Gasteiger partial charge in [-0.25, -0.2) is 0 Å². The second-order valence-electron chi connectivity index (χ2n) is 7.62. The number of rotatable bonds is 4. The van der Waals surface area contributed by atoms with Gasteiger partial charge in [-0.2, -0.15) is 0 Å². The van der Waals surface area contributed by atoms with Crippen LogP contribution in [0.4, 0.5) is 0 Å². The zero-order chi connectivity index (χ0) is 15.1. The Balaban J connectivity index is 3.09. The highest BCUT2D eigenvalue weighted by Crippen LogP contribution is 2.46. The van der Waals surface area contributed by atoms with E-state index >= 15 is 0 Å². The van der Waals surface area contributed by atoms with Crippen molar-refractivity contribution >= 4 is 8.32 Å². The average molecular weight is 287 g/mol. The molecule has 4 heteroatoms. The van der Waals surface area contributed by atoms with Gasteiger partial charge < -0.3 is 4.43 Å². The third-order valence-corrected chi connectivity index (χ3v) is 6.13. The molecule has 113 valence electrons. The summed E-state index contributed by atoms with van der Waals surface area (Å²) in [5.74, 6) is 0.279. The number of nitrogens with zero attached hydrogens (tertiary/aromatic N) is 1. The molecule has 0 aliphatic carbocycles. The maximum atomic E-state index is 12.8. The maximum absolute atomic E-state index is 12.8. The highest BCUT2D eigenvalue weighted by Gasteiger charge is 2.54. The van der Waals surface area contributed by atoms with Crippen LogP contribution in [-0.4, -0.2) is 30.6 Å². The van der Waals surface area contributed by atoms with Crippen LogP contribution in [0.3, 0.4) is 0 Å². The number of hydrogen-bond acceptors (Lipinski definition) is 2. The van der Waals surface area contributed by atoms with Gasteiger partial charge in [-0.3, -0.25) is 0 Å². The Bertz CT molecular complexity index is 318. The molecule has 1 saturated heterocycles. The van der Waals surface area contributed by atoms with Crippen molar-refractivity contribution in [2.75, 3.05) is 0 Å². The Hall–Kier alpha value is 0.0969. The number of hydroxylamine groups is 2. The molecular formula is C15H32NO2Si. The van der Waals surface area contributed by atoms with Gasteiger partial charge in [-0.15, -0.1) is 10.3 Å². The third-order valence-electron chi connectivity index (χ3n) is 5.12. The van der Waals surface area contributed by atoms with E-state index in [2.05, 4.69) is 54.3 Å². The first kappa shape index (κ1) is 17.1. The molecule has 0 aromatic rings. The van der Waals surface area contributed by atoms with E-state index in [0.717, 1.165) is 19.3 Å². The highest BCUT2D eigenvalue weighted by molar-refractivity contribution is 6.69. The molecule has 0 aromatic heterocycles. The Morgan fingerprint density at radius 3 is 2.11 bits per heavy atom. The van der Waals surface area contributed by atoms with Crippen LogP contribution >= 0.6 is 0 Å². The average Bonchev–Trinajstić information content (AvgIpc) is 2.31. The standard InChI is InChI=1S/C15H32NO2Si/c1-9-14(4)11-13(18-19(6,7)8)12(3)15(5,10-2)16(14)17/h12-13H,9-11H2,1-8H3. The van der Waals surface area contributed by atoms with Crippen molar-refractivity contribution < 1.29 is 9.63 Å². The predicted molar refractivity (Wildman–Crippen MR) is 81.9 cm³/mol. The lowest BCUT2D eigenvalue weighted by molar-refractivity contribution is -0.322. The lowest BCUT2D eigenvalue weighted by Crippen LogP contribution is -2.67. The van der Waals surface area contributed by atoms with Crippen LogP contribution in [0.15, 0.2) is 0 Å². The quantitative estimate of drug-likeness (QED) is 0.724. The van der Waals surface area contributed by atoms with Gasteiger partial charge in [0.15, 0.2) is 8.32 Å². The molecular weight excluding hydrogens is 254 g/mol. The summed E-state index contributed by atoms with van der Waals surface area (Å²) in [6, 6.07) is 0. The summed E-state index contributed by atoms with van der Waals surface area (Å²) in [5.41, 5.74) is -0.602. The van der Waals surface area contributed by atoms with E-state index in [-0.39, 0.29) is 23.1 Å². The largest absolute Gasteiger partial charge is 0.414 e. The van der Waals surface area contributed by atoms with Crippen molar-refractivity contribution in [3.63, 3.8) is 0 Å². The Labute approximate surface area is 120 Å².